The summed E-state index contributed by atoms with van der Waals surface area (Å²) in [4.78, 5) is 12.3. The van der Waals surface area contributed by atoms with Crippen LogP contribution in [-0.4, -0.2) is 12.9 Å². The number of carbonyl (C=O) groups excluding carboxylic acids is 1. The van der Waals surface area contributed by atoms with Crippen molar-refractivity contribution in [2.75, 3.05) is 7.11 Å². The SMILES string of the molecule is COc1cc(C)c(C(=O)C2CC2)cc1C(C)(C)C. The molecule has 2 nitrogen and oxygen atoms in total. The van der Waals surface area contributed by atoms with Crippen LogP contribution in [0.15, 0.2) is 12.1 Å². The van der Waals surface area contributed by atoms with Gasteiger partial charge in [0.1, 0.15) is 5.75 Å². The highest BCUT2D eigenvalue weighted by Gasteiger charge is 2.32. The number of rotatable bonds is 3. The minimum atomic E-state index is -0.0162. The van der Waals surface area contributed by atoms with Gasteiger partial charge >= 0.3 is 0 Å². The second-order valence-electron chi connectivity index (χ2n) is 6.26. The van der Waals surface area contributed by atoms with Gasteiger partial charge in [0.2, 0.25) is 0 Å². The van der Waals surface area contributed by atoms with Gasteiger partial charge in [0, 0.05) is 17.0 Å². The summed E-state index contributed by atoms with van der Waals surface area (Å²) in [7, 11) is 1.69. The number of Topliss-reactive ketones (excluding diaryl/α,β-unsaturated/α-hetero) is 1. The Hall–Kier alpha value is -1.31. The minimum absolute atomic E-state index is 0.0162. The summed E-state index contributed by atoms with van der Waals surface area (Å²) in [6.45, 7) is 8.42. The molecule has 0 bridgehead atoms. The van der Waals surface area contributed by atoms with Gasteiger partial charge < -0.3 is 4.74 Å². The van der Waals surface area contributed by atoms with Crippen LogP contribution in [0, 0.1) is 12.8 Å². The molecule has 0 spiro atoms. The number of aryl methyl sites for hydroxylation is 1. The van der Waals surface area contributed by atoms with Gasteiger partial charge in [-0.2, -0.15) is 0 Å². The van der Waals surface area contributed by atoms with Crippen molar-refractivity contribution in [2.24, 2.45) is 5.92 Å². The molecule has 1 fully saturated rings. The molecule has 0 saturated heterocycles. The molecule has 1 saturated carbocycles. The van der Waals surface area contributed by atoms with Crippen LogP contribution in [0.25, 0.3) is 0 Å². The van der Waals surface area contributed by atoms with Crippen LogP contribution in [0.5, 0.6) is 5.75 Å². The maximum atomic E-state index is 12.3. The molecule has 0 amide bonds. The second kappa shape index (κ2) is 4.42. The van der Waals surface area contributed by atoms with Crippen LogP contribution in [0.3, 0.4) is 0 Å². The molecule has 2 heteroatoms. The maximum absolute atomic E-state index is 12.3. The largest absolute Gasteiger partial charge is 0.496 e. The van der Waals surface area contributed by atoms with E-state index in [-0.39, 0.29) is 11.3 Å². The molecule has 18 heavy (non-hydrogen) atoms. The minimum Gasteiger partial charge on any atom is -0.496 e. The van der Waals surface area contributed by atoms with Gasteiger partial charge in [-0.05, 0) is 42.9 Å². The van der Waals surface area contributed by atoms with Gasteiger partial charge in [0.15, 0.2) is 5.78 Å². The van der Waals surface area contributed by atoms with E-state index in [0.717, 1.165) is 35.3 Å². The summed E-state index contributed by atoms with van der Waals surface area (Å²) in [6.07, 6.45) is 2.10. The molecule has 2 rings (SSSR count). The summed E-state index contributed by atoms with van der Waals surface area (Å²) in [5.74, 6) is 1.46. The lowest BCUT2D eigenvalue weighted by molar-refractivity contribution is 0.0967. The first-order valence-corrected chi connectivity index (χ1v) is 6.58. The van der Waals surface area contributed by atoms with E-state index in [4.69, 9.17) is 4.74 Å². The first-order chi connectivity index (χ1) is 8.34. The summed E-state index contributed by atoms with van der Waals surface area (Å²) in [5.41, 5.74) is 3.00. The molecule has 1 aliphatic carbocycles. The van der Waals surface area contributed by atoms with Crippen molar-refractivity contribution in [3.63, 3.8) is 0 Å². The third-order valence-corrected chi connectivity index (χ3v) is 3.57. The fourth-order valence-corrected chi connectivity index (χ4v) is 2.27. The first-order valence-electron chi connectivity index (χ1n) is 6.58. The van der Waals surface area contributed by atoms with Gasteiger partial charge in [-0.25, -0.2) is 0 Å². The molecule has 1 aromatic rings. The molecule has 0 radical (unpaired) electrons. The number of carbonyl (C=O) groups is 1. The molecule has 0 atom stereocenters. The topological polar surface area (TPSA) is 26.3 Å². The third kappa shape index (κ3) is 2.43. The molecule has 98 valence electrons. The predicted molar refractivity (Wildman–Crippen MR) is 73.5 cm³/mol. The van der Waals surface area contributed by atoms with Crippen molar-refractivity contribution in [3.05, 3.63) is 28.8 Å². The fourth-order valence-electron chi connectivity index (χ4n) is 2.27. The number of methoxy groups -OCH3 is 1. The molecule has 0 heterocycles. The highest BCUT2D eigenvalue weighted by Crippen LogP contribution is 2.38. The Morgan fingerprint density at radius 2 is 1.89 bits per heavy atom. The average Bonchev–Trinajstić information content (AvgIpc) is 3.09. The smallest absolute Gasteiger partial charge is 0.166 e. The van der Waals surface area contributed by atoms with Gasteiger partial charge in [0.05, 0.1) is 7.11 Å². The Kier molecular flexibility index (Phi) is 3.22. The second-order valence-corrected chi connectivity index (χ2v) is 6.26. The zero-order chi connectivity index (χ0) is 13.5. The molecular formula is C16H22O2. The highest BCUT2D eigenvalue weighted by atomic mass is 16.5. The Balaban J connectivity index is 2.51. The summed E-state index contributed by atoms with van der Waals surface area (Å²) >= 11 is 0. The van der Waals surface area contributed by atoms with Crippen LogP contribution < -0.4 is 4.74 Å². The molecule has 1 aromatic carbocycles. The fraction of sp³-hybridized carbons (Fsp3) is 0.562. The lowest BCUT2D eigenvalue weighted by atomic mass is 9.83. The van der Waals surface area contributed by atoms with Crippen molar-refractivity contribution < 1.29 is 9.53 Å². The van der Waals surface area contributed by atoms with Crippen molar-refractivity contribution >= 4 is 5.78 Å². The van der Waals surface area contributed by atoms with Crippen LogP contribution >= 0.6 is 0 Å². The lowest BCUT2D eigenvalue weighted by Crippen LogP contribution is -2.15. The van der Waals surface area contributed by atoms with E-state index in [1.165, 1.54) is 0 Å². The van der Waals surface area contributed by atoms with Gasteiger partial charge in [0.25, 0.3) is 0 Å². The van der Waals surface area contributed by atoms with Crippen molar-refractivity contribution in [2.45, 2.75) is 46.0 Å². The number of hydrogen-bond donors (Lipinski definition) is 0. The van der Waals surface area contributed by atoms with Gasteiger partial charge in [-0.3, -0.25) is 4.79 Å². The third-order valence-electron chi connectivity index (χ3n) is 3.57. The highest BCUT2D eigenvalue weighted by molar-refractivity contribution is 6.01. The van der Waals surface area contributed by atoms with Crippen molar-refractivity contribution in [1.29, 1.82) is 0 Å². The van der Waals surface area contributed by atoms with E-state index >= 15 is 0 Å². The van der Waals surface area contributed by atoms with E-state index in [1.54, 1.807) is 7.11 Å². The van der Waals surface area contributed by atoms with Gasteiger partial charge in [-0.1, -0.05) is 20.8 Å². The Labute approximate surface area is 109 Å². The Bertz CT molecular complexity index is 477. The molecular weight excluding hydrogens is 224 g/mol. The average molecular weight is 246 g/mol. The van der Waals surface area contributed by atoms with E-state index in [9.17, 15) is 4.79 Å². The number of benzene rings is 1. The van der Waals surface area contributed by atoms with Crippen LogP contribution in [-0.2, 0) is 5.41 Å². The molecule has 0 unspecified atom stereocenters. The van der Waals surface area contributed by atoms with Crippen LogP contribution in [0.4, 0.5) is 0 Å². The molecule has 0 N–H and O–H groups in total. The van der Waals surface area contributed by atoms with Gasteiger partial charge in [-0.15, -0.1) is 0 Å². The zero-order valence-electron chi connectivity index (χ0n) is 12.0. The summed E-state index contributed by atoms with van der Waals surface area (Å²) in [5, 5.41) is 0. The molecule has 1 aliphatic rings. The standard InChI is InChI=1S/C16H22O2/c1-10-8-14(18-5)13(16(2,3)4)9-12(10)15(17)11-6-7-11/h8-9,11H,6-7H2,1-5H3. The zero-order valence-corrected chi connectivity index (χ0v) is 12.0. The number of ketones is 1. The normalized spacial score (nSPS) is 15.6. The number of hydrogen-bond acceptors (Lipinski definition) is 2. The Morgan fingerprint density at radius 3 is 2.33 bits per heavy atom. The molecule has 0 aromatic heterocycles. The maximum Gasteiger partial charge on any atom is 0.166 e. The number of ether oxygens (including phenoxy) is 1. The van der Waals surface area contributed by atoms with E-state index < -0.39 is 0 Å². The van der Waals surface area contributed by atoms with E-state index in [2.05, 4.69) is 20.8 Å². The van der Waals surface area contributed by atoms with E-state index in [1.807, 2.05) is 19.1 Å². The van der Waals surface area contributed by atoms with Crippen molar-refractivity contribution in [3.8, 4) is 5.75 Å². The predicted octanol–water partition coefficient (Wildman–Crippen LogP) is 3.89. The Morgan fingerprint density at radius 1 is 1.28 bits per heavy atom. The van der Waals surface area contributed by atoms with Crippen LogP contribution in [0.1, 0.15) is 55.1 Å². The monoisotopic (exact) mass is 246 g/mol. The summed E-state index contributed by atoms with van der Waals surface area (Å²) < 4.78 is 5.45. The quantitative estimate of drug-likeness (QED) is 0.756. The molecule has 0 aliphatic heterocycles. The van der Waals surface area contributed by atoms with Crippen molar-refractivity contribution in [1.82, 2.24) is 0 Å². The lowest BCUT2D eigenvalue weighted by Gasteiger charge is -2.23. The van der Waals surface area contributed by atoms with Crippen LogP contribution in [0.2, 0.25) is 0 Å². The summed E-state index contributed by atoms with van der Waals surface area (Å²) in [6, 6.07) is 4.03. The first kappa shape index (κ1) is 13.1. The van der Waals surface area contributed by atoms with E-state index in [0.29, 0.717) is 5.78 Å².